The summed E-state index contributed by atoms with van der Waals surface area (Å²) in [5.41, 5.74) is 5.48. The molecule has 96 valence electrons. The lowest BCUT2D eigenvalue weighted by Gasteiger charge is -2.12. The van der Waals surface area contributed by atoms with Crippen LogP contribution in [-0.4, -0.2) is 49.1 Å². The first-order chi connectivity index (χ1) is 7.84. The maximum absolute atomic E-state index is 11.5. The molecule has 0 aliphatic rings. The molecule has 0 aromatic carbocycles. The normalized spacial score (nSPS) is 11.8. The van der Waals surface area contributed by atoms with E-state index in [1.54, 1.807) is 0 Å². The van der Waals surface area contributed by atoms with Gasteiger partial charge in [-0.2, -0.15) is 0 Å². The van der Waals surface area contributed by atoms with Crippen molar-refractivity contribution >= 4 is 33.3 Å². The van der Waals surface area contributed by atoms with Crippen molar-refractivity contribution in [2.45, 2.75) is 0 Å². The van der Waals surface area contributed by atoms with Gasteiger partial charge in [-0.1, -0.05) is 11.6 Å². The summed E-state index contributed by atoms with van der Waals surface area (Å²) in [5, 5.41) is 2.99. The van der Waals surface area contributed by atoms with Crippen LogP contribution in [0.5, 0.6) is 0 Å². The predicted molar refractivity (Wildman–Crippen MR) is 67.4 cm³/mol. The Hall–Kier alpha value is -1.12. The standard InChI is InChI=1S/C8H14ClN5O2S/c1-14(2)17(15,16)4-3-11-8-6(9)7(10)12-5-13-8/h5H,3-4H2,1-2H3,(H3,10,11,12,13). The minimum atomic E-state index is -3.24. The zero-order valence-corrected chi connectivity index (χ0v) is 11.1. The number of aromatic nitrogens is 2. The summed E-state index contributed by atoms with van der Waals surface area (Å²) in [7, 11) is -0.284. The average Bonchev–Trinajstić information content (AvgIpc) is 2.24. The Morgan fingerprint density at radius 1 is 1.47 bits per heavy atom. The number of nitrogens with two attached hydrogens (primary N) is 1. The zero-order valence-electron chi connectivity index (χ0n) is 9.51. The fraction of sp³-hybridized carbons (Fsp3) is 0.500. The van der Waals surface area contributed by atoms with E-state index in [1.807, 2.05) is 0 Å². The molecule has 0 amide bonds. The van der Waals surface area contributed by atoms with Gasteiger partial charge in [0.2, 0.25) is 10.0 Å². The van der Waals surface area contributed by atoms with Crippen LogP contribution in [0.1, 0.15) is 0 Å². The van der Waals surface area contributed by atoms with Crippen LogP contribution < -0.4 is 11.1 Å². The minimum Gasteiger partial charge on any atom is -0.382 e. The molecule has 1 rings (SSSR count). The summed E-state index contributed by atoms with van der Waals surface area (Å²) in [6.45, 7) is 0.191. The molecule has 7 nitrogen and oxygen atoms in total. The SMILES string of the molecule is CN(C)S(=O)(=O)CCNc1ncnc(N)c1Cl. The fourth-order valence-corrected chi connectivity index (χ4v) is 1.88. The van der Waals surface area contributed by atoms with Crippen LogP contribution in [0.2, 0.25) is 5.02 Å². The van der Waals surface area contributed by atoms with Gasteiger partial charge < -0.3 is 11.1 Å². The van der Waals surface area contributed by atoms with Gasteiger partial charge in [0.25, 0.3) is 0 Å². The Labute approximate surface area is 105 Å². The van der Waals surface area contributed by atoms with E-state index in [4.69, 9.17) is 17.3 Å². The predicted octanol–water partition coefficient (Wildman–Crippen LogP) is 0.0155. The highest BCUT2D eigenvalue weighted by Gasteiger charge is 2.13. The summed E-state index contributed by atoms with van der Waals surface area (Å²) in [6.07, 6.45) is 1.25. The van der Waals surface area contributed by atoms with Gasteiger partial charge in [0.15, 0.2) is 0 Å². The molecule has 1 aromatic heterocycles. The number of nitrogens with one attached hydrogen (secondary N) is 1. The molecule has 1 aromatic rings. The van der Waals surface area contributed by atoms with Crippen molar-refractivity contribution in [2.24, 2.45) is 0 Å². The molecule has 17 heavy (non-hydrogen) atoms. The van der Waals surface area contributed by atoms with E-state index in [0.717, 1.165) is 4.31 Å². The number of rotatable bonds is 5. The molecule has 3 N–H and O–H groups in total. The van der Waals surface area contributed by atoms with Gasteiger partial charge >= 0.3 is 0 Å². The summed E-state index contributed by atoms with van der Waals surface area (Å²) in [5.74, 6) is 0.424. The molecule has 0 spiro atoms. The van der Waals surface area contributed by atoms with Crippen molar-refractivity contribution in [2.75, 3.05) is 37.4 Å². The van der Waals surface area contributed by atoms with E-state index < -0.39 is 10.0 Å². The number of hydrogen-bond acceptors (Lipinski definition) is 6. The third-order valence-corrected chi connectivity index (χ3v) is 4.23. The minimum absolute atomic E-state index is 0.0553. The highest BCUT2D eigenvalue weighted by Crippen LogP contribution is 2.22. The van der Waals surface area contributed by atoms with Crippen molar-refractivity contribution in [1.29, 1.82) is 0 Å². The summed E-state index contributed by atoms with van der Waals surface area (Å²) in [4.78, 5) is 7.55. The summed E-state index contributed by atoms with van der Waals surface area (Å²) < 4.78 is 24.1. The Balaban J connectivity index is 2.61. The van der Waals surface area contributed by atoms with E-state index in [1.165, 1.54) is 20.4 Å². The molecule has 1 heterocycles. The van der Waals surface area contributed by atoms with E-state index in [-0.39, 0.29) is 23.1 Å². The van der Waals surface area contributed by atoms with Gasteiger partial charge in [0, 0.05) is 20.6 Å². The zero-order chi connectivity index (χ0) is 13.1. The van der Waals surface area contributed by atoms with Gasteiger partial charge in [-0.15, -0.1) is 0 Å². The van der Waals surface area contributed by atoms with E-state index >= 15 is 0 Å². The van der Waals surface area contributed by atoms with Gasteiger partial charge in [-0.3, -0.25) is 0 Å². The van der Waals surface area contributed by atoms with Crippen LogP contribution in [0.15, 0.2) is 6.33 Å². The monoisotopic (exact) mass is 279 g/mol. The number of hydrogen-bond donors (Lipinski definition) is 2. The summed E-state index contributed by atoms with van der Waals surface area (Å²) >= 11 is 5.83. The highest BCUT2D eigenvalue weighted by molar-refractivity contribution is 7.89. The second-order valence-corrected chi connectivity index (χ2v) is 6.13. The Kier molecular flexibility index (Phi) is 4.49. The average molecular weight is 280 g/mol. The third-order valence-electron chi connectivity index (χ3n) is 2.03. The van der Waals surface area contributed by atoms with E-state index in [2.05, 4.69) is 15.3 Å². The maximum atomic E-state index is 11.5. The van der Waals surface area contributed by atoms with Crippen molar-refractivity contribution in [3.63, 3.8) is 0 Å². The van der Waals surface area contributed by atoms with Crippen molar-refractivity contribution in [3.05, 3.63) is 11.3 Å². The lowest BCUT2D eigenvalue weighted by atomic mass is 10.5. The molecule has 0 radical (unpaired) electrons. The van der Waals surface area contributed by atoms with E-state index in [9.17, 15) is 8.42 Å². The molecule has 9 heteroatoms. The van der Waals surface area contributed by atoms with Crippen molar-refractivity contribution in [1.82, 2.24) is 14.3 Å². The molecule has 0 unspecified atom stereocenters. The molecular formula is C8H14ClN5O2S. The molecule has 0 aliphatic carbocycles. The lowest BCUT2D eigenvalue weighted by molar-refractivity contribution is 0.521. The van der Waals surface area contributed by atoms with Gasteiger partial charge in [0.1, 0.15) is 23.0 Å². The number of nitrogen functional groups attached to an aromatic ring is 1. The number of halogens is 1. The molecule has 0 saturated carbocycles. The fourth-order valence-electron chi connectivity index (χ4n) is 0.988. The van der Waals surface area contributed by atoms with Gasteiger partial charge in [-0.25, -0.2) is 22.7 Å². The number of sulfonamides is 1. The van der Waals surface area contributed by atoms with Crippen molar-refractivity contribution < 1.29 is 8.42 Å². The smallest absolute Gasteiger partial charge is 0.215 e. The molecule has 0 fully saturated rings. The number of nitrogens with zero attached hydrogens (tertiary/aromatic N) is 3. The first-order valence-corrected chi connectivity index (χ1v) is 6.73. The van der Waals surface area contributed by atoms with Crippen LogP contribution in [0, 0.1) is 0 Å². The second kappa shape index (κ2) is 5.48. The highest BCUT2D eigenvalue weighted by atomic mass is 35.5. The first kappa shape index (κ1) is 13.9. The summed E-state index contributed by atoms with van der Waals surface area (Å²) in [6, 6.07) is 0. The molecule has 0 aliphatic heterocycles. The second-order valence-electron chi connectivity index (χ2n) is 3.45. The van der Waals surface area contributed by atoms with Crippen LogP contribution >= 0.6 is 11.6 Å². The van der Waals surface area contributed by atoms with E-state index in [0.29, 0.717) is 5.82 Å². The Morgan fingerprint density at radius 3 is 2.71 bits per heavy atom. The lowest BCUT2D eigenvalue weighted by Crippen LogP contribution is -2.28. The molecular weight excluding hydrogens is 266 g/mol. The van der Waals surface area contributed by atoms with Gasteiger partial charge in [-0.05, 0) is 0 Å². The molecule has 0 saturated heterocycles. The maximum Gasteiger partial charge on any atom is 0.215 e. The quantitative estimate of drug-likeness (QED) is 0.788. The van der Waals surface area contributed by atoms with Crippen LogP contribution in [0.3, 0.4) is 0 Å². The third kappa shape index (κ3) is 3.69. The van der Waals surface area contributed by atoms with Crippen LogP contribution in [0.4, 0.5) is 11.6 Å². The van der Waals surface area contributed by atoms with Crippen LogP contribution in [-0.2, 0) is 10.0 Å². The topological polar surface area (TPSA) is 101 Å². The molecule has 0 bridgehead atoms. The first-order valence-electron chi connectivity index (χ1n) is 4.74. The largest absolute Gasteiger partial charge is 0.382 e. The van der Waals surface area contributed by atoms with Gasteiger partial charge in [0.05, 0.1) is 5.75 Å². The molecule has 0 atom stereocenters. The Morgan fingerprint density at radius 2 is 2.12 bits per heavy atom. The van der Waals surface area contributed by atoms with Crippen molar-refractivity contribution in [3.8, 4) is 0 Å². The van der Waals surface area contributed by atoms with Crippen LogP contribution in [0.25, 0.3) is 0 Å². The Bertz CT molecular complexity index is 491. The number of anilines is 2.